The molecule has 37 heteroatoms. The van der Waals surface area contributed by atoms with Gasteiger partial charge in [-0.1, -0.05) is 243 Å². The molecule has 0 aromatic heterocycles. The average Bonchev–Trinajstić information content (AvgIpc) is 0.906. The van der Waals surface area contributed by atoms with Crippen LogP contribution in [0.15, 0.2) is 243 Å². The second-order valence-corrected chi connectivity index (χ2v) is 33.0. The molecule has 0 aliphatic carbocycles. The normalized spacial score (nSPS) is 12.0. The number of carbonyl (C=O) groups is 14. The lowest BCUT2D eigenvalue weighted by Crippen LogP contribution is -2.54. The maximum atomic E-state index is 14.6. The first-order valence-corrected chi connectivity index (χ1v) is 47.9. The molecule has 756 valence electrons. The van der Waals surface area contributed by atoms with Crippen LogP contribution >= 0.6 is 0 Å². The average molecular weight is 1950 g/mol. The zero-order chi connectivity index (χ0) is 100. The number of benzene rings is 8. The number of amides is 14. The van der Waals surface area contributed by atoms with Crippen molar-refractivity contribution < 1.29 is 105 Å². The first-order chi connectivity index (χ1) is 68.8. The highest BCUT2D eigenvalue weighted by atomic mass is 16.6. The van der Waals surface area contributed by atoms with Crippen LogP contribution in [0.25, 0.3) is 0 Å². The Bertz CT molecular complexity index is 4710. The van der Waals surface area contributed by atoms with E-state index in [9.17, 15) is 67.1 Å². The zero-order valence-corrected chi connectivity index (χ0v) is 79.5. The molecule has 0 saturated heterocycles. The molecule has 14 amide bonds. The molecule has 15 N–H and O–H groups in total. The number of ether oxygens (including phenoxy) is 8. The van der Waals surface area contributed by atoms with Crippen molar-refractivity contribution in [2.75, 3.05) is 65.4 Å². The van der Waals surface area contributed by atoms with Crippen molar-refractivity contribution in [3.05, 3.63) is 287 Å². The fourth-order valence-corrected chi connectivity index (χ4v) is 14.1. The third-order valence-corrected chi connectivity index (χ3v) is 21.8. The van der Waals surface area contributed by atoms with Gasteiger partial charge in [-0.25, -0.2) is 38.4 Å². The Kier molecular flexibility index (Phi) is 53.4. The van der Waals surface area contributed by atoms with E-state index >= 15 is 0 Å². The molecule has 8 aromatic carbocycles. The minimum Gasteiger partial charge on any atom is -0.445 e. The second kappa shape index (κ2) is 67.8. The minimum absolute atomic E-state index is 0.0118. The summed E-state index contributed by atoms with van der Waals surface area (Å²) in [6.45, 7) is 0.908. The fraction of sp³-hybridized carbons (Fsp3) is 0.404. The quantitative estimate of drug-likeness (QED) is 0.0124. The molecule has 8 aromatic rings. The van der Waals surface area contributed by atoms with Gasteiger partial charge in [-0.2, -0.15) is 0 Å². The van der Waals surface area contributed by atoms with Gasteiger partial charge in [-0.15, -0.1) is 0 Å². The molecule has 0 heterocycles. The standard InChI is InChI=1S/C104H133N15O22/c120-91(85(114-95(124)89(118-103(132)140-75-83-49-21-7-22-50-83)57-29-35-63-112-99(128)136-71-79-41-13-3-14-42-79)53-25-31-59-106-93(122)87(116-101(130)138-73-81-45-17-5-18-46-81)55-27-33-61-110-97(126)134-69-77-37-9-1-10-38-77)108-67-65-105-66-68-109-92(121)86(115-96(125)90(119-104(133)141-76-84-51-23-8-24-52-84)58-30-36-64-113-100(129)137-72-80-43-15-4-16-44-80)54-26-32-60-107-94(123)88(117-102(131)139-74-82-47-19-6-20-48-82)56-28-34-62-111-98(127)135-70-78-39-11-2-12-40-78/h1-24,37-52,85-90,105H,25-36,53-76H2,(H,106,122)(H,107,123)(H,108,120)(H,109,121)(H,110,126)(H,111,127)(H,112,128)(H,113,129)(H,114,124)(H,115,125)(H,116,130)(H,117,131)(H,118,132)(H,119,133)/t85-,86-,87-,88-,89-,90-/m0/s1. The monoisotopic (exact) mass is 1940 g/mol. The van der Waals surface area contributed by atoms with Gasteiger partial charge in [0.1, 0.15) is 89.1 Å². The van der Waals surface area contributed by atoms with Crippen molar-refractivity contribution in [1.82, 2.24) is 79.8 Å². The van der Waals surface area contributed by atoms with Crippen molar-refractivity contribution in [3.8, 4) is 0 Å². The van der Waals surface area contributed by atoms with E-state index in [1.165, 1.54) is 0 Å². The highest BCUT2D eigenvalue weighted by Gasteiger charge is 2.31. The Morgan fingerprint density at radius 2 is 0.319 bits per heavy atom. The first kappa shape index (κ1) is 111. The van der Waals surface area contributed by atoms with Crippen molar-refractivity contribution in [2.45, 2.75) is 205 Å². The predicted octanol–water partition coefficient (Wildman–Crippen LogP) is 11.9. The number of hydrogen-bond acceptors (Lipinski definition) is 23. The summed E-state index contributed by atoms with van der Waals surface area (Å²) in [6.07, 6.45) is -1.76. The number of alkyl carbamates (subject to hydrolysis) is 8. The van der Waals surface area contributed by atoms with Crippen LogP contribution in [0.3, 0.4) is 0 Å². The third-order valence-electron chi connectivity index (χ3n) is 21.8. The maximum absolute atomic E-state index is 14.6. The van der Waals surface area contributed by atoms with Gasteiger partial charge in [0.2, 0.25) is 35.4 Å². The molecule has 0 fully saturated rings. The van der Waals surface area contributed by atoms with Gasteiger partial charge in [-0.3, -0.25) is 28.8 Å². The summed E-state index contributed by atoms with van der Waals surface area (Å²) >= 11 is 0. The van der Waals surface area contributed by atoms with Crippen LogP contribution in [-0.4, -0.2) is 186 Å². The summed E-state index contributed by atoms with van der Waals surface area (Å²) in [6, 6.07) is 65.2. The lowest BCUT2D eigenvalue weighted by atomic mass is 10.1. The van der Waals surface area contributed by atoms with E-state index in [4.69, 9.17) is 37.9 Å². The van der Waals surface area contributed by atoms with Gasteiger partial charge in [0.05, 0.1) is 0 Å². The van der Waals surface area contributed by atoms with Crippen LogP contribution in [0, 0.1) is 0 Å². The molecule has 0 unspecified atom stereocenters. The number of nitrogens with one attached hydrogen (secondary N) is 15. The first-order valence-electron chi connectivity index (χ1n) is 47.9. The Hall–Kier alpha value is -15.3. The van der Waals surface area contributed by atoms with Crippen molar-refractivity contribution in [2.24, 2.45) is 0 Å². The molecule has 0 spiro atoms. The molecule has 0 saturated carbocycles. The molecular weight excluding hydrogens is 1810 g/mol. The smallest absolute Gasteiger partial charge is 0.408 e. The molecule has 6 atom stereocenters. The molecule has 8 rings (SSSR count). The predicted molar refractivity (Wildman–Crippen MR) is 525 cm³/mol. The zero-order valence-electron chi connectivity index (χ0n) is 79.5. The molecule has 141 heavy (non-hydrogen) atoms. The Balaban J connectivity index is 0.913. The topological polar surface area (TPSA) is 493 Å². The van der Waals surface area contributed by atoms with Gasteiger partial charge in [0.15, 0.2) is 0 Å². The molecular formula is C104H133N15O22. The summed E-state index contributed by atoms with van der Waals surface area (Å²) in [4.78, 5) is 190. The van der Waals surface area contributed by atoms with Crippen LogP contribution < -0.4 is 79.8 Å². The number of unbranched alkanes of at least 4 members (excludes halogenated alkanes) is 6. The lowest BCUT2D eigenvalue weighted by molar-refractivity contribution is -0.130. The Labute approximate surface area is 822 Å². The van der Waals surface area contributed by atoms with Crippen LogP contribution in [0.2, 0.25) is 0 Å². The molecule has 0 radical (unpaired) electrons. The van der Waals surface area contributed by atoms with Gasteiger partial charge < -0.3 is 118 Å². The second-order valence-electron chi connectivity index (χ2n) is 33.0. The minimum atomic E-state index is -1.26. The summed E-state index contributed by atoms with van der Waals surface area (Å²) in [7, 11) is 0. The maximum Gasteiger partial charge on any atom is 0.408 e. The van der Waals surface area contributed by atoms with E-state index in [0.717, 1.165) is 33.4 Å². The summed E-state index contributed by atoms with van der Waals surface area (Å²) in [5.41, 5.74) is 6.00. The number of carbonyl (C=O) groups excluding carboxylic acids is 14. The van der Waals surface area contributed by atoms with Gasteiger partial charge in [0, 0.05) is 65.4 Å². The van der Waals surface area contributed by atoms with E-state index in [-0.39, 0.29) is 183 Å². The molecule has 37 nitrogen and oxygen atoms in total. The Morgan fingerprint density at radius 3 is 0.511 bits per heavy atom. The number of hydrogen-bond donors (Lipinski definition) is 15. The fourth-order valence-electron chi connectivity index (χ4n) is 14.1. The van der Waals surface area contributed by atoms with Crippen LogP contribution in [0.4, 0.5) is 38.4 Å². The van der Waals surface area contributed by atoms with Crippen molar-refractivity contribution in [1.29, 1.82) is 0 Å². The van der Waals surface area contributed by atoms with Gasteiger partial charge in [0.25, 0.3) is 0 Å². The summed E-state index contributed by atoms with van der Waals surface area (Å²) < 4.78 is 43.4. The van der Waals surface area contributed by atoms with E-state index in [1.807, 2.05) is 133 Å². The highest BCUT2D eigenvalue weighted by Crippen LogP contribution is 2.16. The number of rotatable bonds is 64. The third kappa shape index (κ3) is 49.5. The Morgan fingerprint density at radius 1 is 0.163 bits per heavy atom. The van der Waals surface area contributed by atoms with Gasteiger partial charge in [-0.05, 0) is 160 Å². The SMILES string of the molecule is O=C(NCCCC[C@H](NC(=O)OCc1ccccc1)C(=O)NCCCC[C@H](NC(=O)[C@H](CCCCNC(=O)OCc1ccccc1)NC(=O)OCc1ccccc1)C(=O)NCCNCCNC(=O)[C@H](CCCCNC(=O)[C@H](CCCCNC(=O)OCc1ccccc1)NC(=O)OCc1ccccc1)NC(=O)[C@H](CCCCNC(=O)OCc1ccccc1)NC(=O)OCc1ccccc1)OCc1ccccc1. The van der Waals surface area contributed by atoms with Gasteiger partial charge >= 0.3 is 48.7 Å². The van der Waals surface area contributed by atoms with Crippen molar-refractivity contribution in [3.63, 3.8) is 0 Å². The molecule has 0 bridgehead atoms. The largest absolute Gasteiger partial charge is 0.445 e. The highest BCUT2D eigenvalue weighted by molar-refractivity contribution is 5.93. The van der Waals surface area contributed by atoms with Crippen LogP contribution in [0.5, 0.6) is 0 Å². The van der Waals surface area contributed by atoms with E-state index in [1.54, 1.807) is 109 Å². The molecule has 0 aliphatic rings. The lowest BCUT2D eigenvalue weighted by Gasteiger charge is -2.24. The van der Waals surface area contributed by atoms with E-state index in [2.05, 4.69) is 79.8 Å². The van der Waals surface area contributed by atoms with E-state index in [0.29, 0.717) is 62.5 Å². The van der Waals surface area contributed by atoms with Crippen LogP contribution in [-0.2, 0) is 120 Å². The molecule has 0 aliphatic heterocycles. The van der Waals surface area contributed by atoms with Crippen LogP contribution in [0.1, 0.15) is 160 Å². The van der Waals surface area contributed by atoms with E-state index < -0.39 is 120 Å². The van der Waals surface area contributed by atoms with Crippen molar-refractivity contribution >= 4 is 84.2 Å². The summed E-state index contributed by atoms with van der Waals surface area (Å²) in [5, 5.41) is 41.8. The summed E-state index contributed by atoms with van der Waals surface area (Å²) in [5.74, 6) is -3.77.